The summed E-state index contributed by atoms with van der Waals surface area (Å²) in [6.07, 6.45) is -2.35. The molecule has 0 fully saturated rings. The largest absolute Gasteiger partial charge is 0.417 e. The van der Waals surface area contributed by atoms with E-state index in [9.17, 15) is 18.0 Å². The number of anilines is 2. The summed E-state index contributed by atoms with van der Waals surface area (Å²) in [5.74, 6) is -0.297. The summed E-state index contributed by atoms with van der Waals surface area (Å²) in [7, 11) is 0. The van der Waals surface area contributed by atoms with Gasteiger partial charge in [0.2, 0.25) is 0 Å². The zero-order chi connectivity index (χ0) is 17.7. The standard InChI is InChI=1S/C16H15ClF3N3O/c1-2-7-21-15(24)14-6-4-11(9-22-14)23-10-3-5-13(17)12(8-10)16(18,19)20/h3-6,8-9,23H,2,7H2,1H3,(H,21,24). The van der Waals surface area contributed by atoms with Gasteiger partial charge in [-0.25, -0.2) is 4.98 Å². The lowest BCUT2D eigenvalue weighted by atomic mass is 10.2. The number of carbonyl (C=O) groups excluding carboxylic acids is 1. The molecule has 0 aliphatic rings. The summed E-state index contributed by atoms with van der Waals surface area (Å²) >= 11 is 5.58. The van der Waals surface area contributed by atoms with Crippen molar-refractivity contribution in [1.29, 1.82) is 0 Å². The van der Waals surface area contributed by atoms with E-state index in [0.29, 0.717) is 12.2 Å². The molecular weight excluding hydrogens is 343 g/mol. The maximum Gasteiger partial charge on any atom is 0.417 e. The Labute approximate surface area is 142 Å². The minimum Gasteiger partial charge on any atom is -0.354 e. The van der Waals surface area contributed by atoms with Gasteiger partial charge in [-0.05, 0) is 36.8 Å². The van der Waals surface area contributed by atoms with Crippen molar-refractivity contribution in [2.45, 2.75) is 19.5 Å². The number of hydrogen-bond acceptors (Lipinski definition) is 3. The Morgan fingerprint density at radius 3 is 2.50 bits per heavy atom. The number of alkyl halides is 3. The molecule has 1 aromatic heterocycles. The van der Waals surface area contributed by atoms with Crippen molar-refractivity contribution >= 4 is 28.9 Å². The molecule has 0 bridgehead atoms. The quantitative estimate of drug-likeness (QED) is 0.819. The summed E-state index contributed by atoms with van der Waals surface area (Å²) in [6, 6.07) is 6.58. The van der Waals surface area contributed by atoms with Crippen LogP contribution in [0.3, 0.4) is 0 Å². The van der Waals surface area contributed by atoms with E-state index < -0.39 is 11.7 Å². The fourth-order valence-corrected chi connectivity index (χ4v) is 2.14. The molecule has 2 aromatic rings. The van der Waals surface area contributed by atoms with Gasteiger partial charge in [0.1, 0.15) is 5.69 Å². The average molecular weight is 358 g/mol. The number of pyridine rings is 1. The second kappa shape index (κ2) is 7.53. The molecule has 1 amide bonds. The van der Waals surface area contributed by atoms with Gasteiger partial charge in [0.05, 0.1) is 22.5 Å². The molecule has 0 aliphatic heterocycles. The van der Waals surface area contributed by atoms with Gasteiger partial charge in [0.15, 0.2) is 0 Å². The number of amides is 1. The lowest BCUT2D eigenvalue weighted by molar-refractivity contribution is -0.137. The van der Waals surface area contributed by atoms with Gasteiger partial charge in [0, 0.05) is 12.2 Å². The van der Waals surface area contributed by atoms with E-state index in [4.69, 9.17) is 11.6 Å². The Kier molecular flexibility index (Phi) is 5.66. The number of benzene rings is 1. The van der Waals surface area contributed by atoms with Gasteiger partial charge in [-0.2, -0.15) is 13.2 Å². The van der Waals surface area contributed by atoms with Gasteiger partial charge in [0.25, 0.3) is 5.91 Å². The van der Waals surface area contributed by atoms with Crippen molar-refractivity contribution in [1.82, 2.24) is 10.3 Å². The zero-order valence-electron chi connectivity index (χ0n) is 12.7. The highest BCUT2D eigenvalue weighted by Crippen LogP contribution is 2.36. The Balaban J connectivity index is 2.13. The third-order valence-electron chi connectivity index (χ3n) is 3.09. The fraction of sp³-hybridized carbons (Fsp3) is 0.250. The second-order valence-electron chi connectivity index (χ2n) is 5.01. The predicted octanol–water partition coefficient (Wildman–Crippen LogP) is 4.64. The Hall–Kier alpha value is -2.28. The maximum atomic E-state index is 12.8. The zero-order valence-corrected chi connectivity index (χ0v) is 13.5. The van der Waals surface area contributed by atoms with Crippen LogP contribution in [0.4, 0.5) is 24.5 Å². The van der Waals surface area contributed by atoms with Gasteiger partial charge in [-0.1, -0.05) is 18.5 Å². The normalized spacial score (nSPS) is 11.2. The number of halogens is 4. The highest BCUT2D eigenvalue weighted by molar-refractivity contribution is 6.31. The summed E-state index contributed by atoms with van der Waals surface area (Å²) in [6.45, 7) is 2.48. The van der Waals surface area contributed by atoms with Crippen LogP contribution in [0.25, 0.3) is 0 Å². The molecule has 4 nitrogen and oxygen atoms in total. The molecule has 0 aliphatic carbocycles. The summed E-state index contributed by atoms with van der Waals surface area (Å²) in [5, 5.41) is 5.12. The van der Waals surface area contributed by atoms with E-state index in [1.165, 1.54) is 24.4 Å². The van der Waals surface area contributed by atoms with E-state index in [2.05, 4.69) is 15.6 Å². The molecule has 1 heterocycles. The van der Waals surface area contributed by atoms with Crippen LogP contribution in [-0.2, 0) is 6.18 Å². The monoisotopic (exact) mass is 357 g/mol. The Morgan fingerprint density at radius 1 is 1.21 bits per heavy atom. The highest BCUT2D eigenvalue weighted by atomic mass is 35.5. The van der Waals surface area contributed by atoms with Crippen molar-refractivity contribution < 1.29 is 18.0 Å². The smallest absolute Gasteiger partial charge is 0.354 e. The van der Waals surface area contributed by atoms with Crippen molar-refractivity contribution in [3.05, 3.63) is 52.8 Å². The molecule has 128 valence electrons. The van der Waals surface area contributed by atoms with Crippen molar-refractivity contribution in [3.63, 3.8) is 0 Å². The van der Waals surface area contributed by atoms with Crippen LogP contribution in [0, 0.1) is 0 Å². The maximum absolute atomic E-state index is 12.8. The molecule has 24 heavy (non-hydrogen) atoms. The van der Waals surface area contributed by atoms with Gasteiger partial charge >= 0.3 is 6.18 Å². The van der Waals surface area contributed by atoms with Gasteiger partial charge < -0.3 is 10.6 Å². The molecule has 0 atom stereocenters. The van der Waals surface area contributed by atoms with Crippen molar-refractivity contribution in [2.75, 3.05) is 11.9 Å². The first-order valence-electron chi connectivity index (χ1n) is 7.19. The minimum atomic E-state index is -4.53. The van der Waals surface area contributed by atoms with Gasteiger partial charge in [-0.3, -0.25) is 4.79 Å². The molecular formula is C16H15ClF3N3O. The van der Waals surface area contributed by atoms with Crippen LogP contribution in [0.2, 0.25) is 5.02 Å². The third kappa shape index (κ3) is 4.61. The van der Waals surface area contributed by atoms with Gasteiger partial charge in [-0.15, -0.1) is 0 Å². The number of nitrogens with zero attached hydrogens (tertiary/aromatic N) is 1. The third-order valence-corrected chi connectivity index (χ3v) is 3.42. The molecule has 0 saturated heterocycles. The SMILES string of the molecule is CCCNC(=O)c1ccc(Nc2ccc(Cl)c(C(F)(F)F)c2)cn1. The fourth-order valence-electron chi connectivity index (χ4n) is 1.92. The van der Waals surface area contributed by atoms with Crippen molar-refractivity contribution in [2.24, 2.45) is 0 Å². The number of hydrogen-bond donors (Lipinski definition) is 2. The van der Waals surface area contributed by atoms with Crippen LogP contribution >= 0.6 is 11.6 Å². The number of nitrogens with one attached hydrogen (secondary N) is 2. The number of carbonyl (C=O) groups is 1. The van der Waals surface area contributed by atoms with E-state index >= 15 is 0 Å². The first-order chi connectivity index (χ1) is 11.3. The van der Waals surface area contributed by atoms with E-state index in [-0.39, 0.29) is 22.3 Å². The van der Waals surface area contributed by atoms with E-state index in [1.807, 2.05) is 6.92 Å². The molecule has 0 radical (unpaired) electrons. The minimum absolute atomic E-state index is 0.219. The molecule has 8 heteroatoms. The molecule has 2 rings (SSSR count). The van der Waals surface area contributed by atoms with Crippen LogP contribution in [0.5, 0.6) is 0 Å². The highest BCUT2D eigenvalue weighted by Gasteiger charge is 2.33. The Bertz CT molecular complexity index is 717. The number of aromatic nitrogens is 1. The first kappa shape index (κ1) is 18.1. The predicted molar refractivity (Wildman–Crippen MR) is 86.6 cm³/mol. The van der Waals surface area contributed by atoms with Crippen LogP contribution < -0.4 is 10.6 Å². The second-order valence-corrected chi connectivity index (χ2v) is 5.41. The van der Waals surface area contributed by atoms with E-state index in [1.54, 1.807) is 6.07 Å². The first-order valence-corrected chi connectivity index (χ1v) is 7.57. The molecule has 0 saturated carbocycles. The topological polar surface area (TPSA) is 54.0 Å². The lowest BCUT2D eigenvalue weighted by Crippen LogP contribution is -2.24. The van der Waals surface area contributed by atoms with Crippen LogP contribution in [-0.4, -0.2) is 17.4 Å². The summed E-state index contributed by atoms with van der Waals surface area (Å²) in [5.41, 5.74) is -0.00651. The average Bonchev–Trinajstić information content (AvgIpc) is 2.54. The van der Waals surface area contributed by atoms with Crippen molar-refractivity contribution in [3.8, 4) is 0 Å². The van der Waals surface area contributed by atoms with Crippen LogP contribution in [0.1, 0.15) is 29.4 Å². The number of rotatable bonds is 5. The molecule has 1 aromatic carbocycles. The van der Waals surface area contributed by atoms with E-state index in [0.717, 1.165) is 12.5 Å². The molecule has 0 unspecified atom stereocenters. The van der Waals surface area contributed by atoms with Crippen LogP contribution in [0.15, 0.2) is 36.5 Å². The summed E-state index contributed by atoms with van der Waals surface area (Å²) < 4.78 is 38.5. The Morgan fingerprint density at radius 2 is 1.92 bits per heavy atom. The molecule has 2 N–H and O–H groups in total. The molecule has 0 spiro atoms. The lowest BCUT2D eigenvalue weighted by Gasteiger charge is -2.12. The summed E-state index contributed by atoms with van der Waals surface area (Å²) in [4.78, 5) is 15.7.